The normalized spacial score (nSPS) is 10.5. The van der Waals surface area contributed by atoms with E-state index in [4.69, 9.17) is 20.4 Å². The molecule has 2 aromatic heterocycles. The molecule has 1 amide bonds. The lowest BCUT2D eigenvalue weighted by Gasteiger charge is -1.95. The van der Waals surface area contributed by atoms with E-state index in [1.54, 1.807) is 6.07 Å². The summed E-state index contributed by atoms with van der Waals surface area (Å²) in [4.78, 5) is 11.7. The molecule has 0 aliphatic carbocycles. The van der Waals surface area contributed by atoms with Gasteiger partial charge in [-0.3, -0.25) is 10.1 Å². The Morgan fingerprint density at radius 3 is 2.82 bits per heavy atom. The van der Waals surface area contributed by atoms with Gasteiger partial charge in [0.1, 0.15) is 5.76 Å². The third-order valence-corrected chi connectivity index (χ3v) is 2.27. The van der Waals surface area contributed by atoms with Crippen molar-refractivity contribution in [3.63, 3.8) is 0 Å². The van der Waals surface area contributed by atoms with Crippen molar-refractivity contribution in [2.24, 2.45) is 0 Å². The topological polar surface area (TPSA) is 81.2 Å². The quantitative estimate of drug-likeness (QED) is 0.847. The fourth-order valence-corrected chi connectivity index (χ4v) is 1.32. The molecule has 2 aromatic rings. The molecule has 7 heteroatoms. The van der Waals surface area contributed by atoms with Gasteiger partial charge in [-0.05, 0) is 12.1 Å². The molecule has 0 aromatic carbocycles. The molecular formula is C10H10ClN3O3. The molecule has 2 rings (SSSR count). The Kier molecular flexibility index (Phi) is 3.43. The van der Waals surface area contributed by atoms with Gasteiger partial charge >= 0.3 is 6.01 Å². The van der Waals surface area contributed by atoms with E-state index in [0.29, 0.717) is 18.1 Å². The van der Waals surface area contributed by atoms with E-state index in [0.717, 1.165) is 0 Å². The van der Waals surface area contributed by atoms with Gasteiger partial charge in [-0.1, -0.05) is 12.0 Å². The van der Waals surface area contributed by atoms with Gasteiger partial charge in [0, 0.05) is 6.42 Å². The van der Waals surface area contributed by atoms with Crippen molar-refractivity contribution in [2.45, 2.75) is 19.2 Å². The summed E-state index contributed by atoms with van der Waals surface area (Å²) in [6, 6.07) is 3.22. The van der Waals surface area contributed by atoms with Crippen LogP contribution in [0.5, 0.6) is 0 Å². The number of aryl methyl sites for hydroxylation is 1. The number of furan rings is 1. The number of alkyl halides is 1. The van der Waals surface area contributed by atoms with Gasteiger partial charge in [-0.25, -0.2) is 0 Å². The first kappa shape index (κ1) is 11.7. The van der Waals surface area contributed by atoms with Crippen LogP contribution in [0.15, 0.2) is 21.0 Å². The predicted molar refractivity (Wildman–Crippen MR) is 59.9 cm³/mol. The number of nitrogens with one attached hydrogen (secondary N) is 1. The Balaban J connectivity index is 2.05. The summed E-state index contributed by atoms with van der Waals surface area (Å²) in [5.41, 5.74) is 0. The Hall–Kier alpha value is -1.82. The van der Waals surface area contributed by atoms with Crippen LogP contribution in [0.2, 0.25) is 0 Å². The van der Waals surface area contributed by atoms with Crippen molar-refractivity contribution in [3.05, 3.63) is 29.5 Å². The van der Waals surface area contributed by atoms with E-state index in [-0.39, 0.29) is 17.7 Å². The van der Waals surface area contributed by atoms with Crippen LogP contribution in [0.25, 0.3) is 0 Å². The average molecular weight is 256 g/mol. The number of carbonyl (C=O) groups is 1. The highest BCUT2D eigenvalue weighted by Crippen LogP contribution is 2.13. The van der Waals surface area contributed by atoms with Gasteiger partial charge in [0.25, 0.3) is 5.91 Å². The molecule has 0 atom stereocenters. The summed E-state index contributed by atoms with van der Waals surface area (Å²) in [5, 5.41) is 9.82. The monoisotopic (exact) mass is 255 g/mol. The zero-order valence-corrected chi connectivity index (χ0v) is 9.82. The second kappa shape index (κ2) is 5.01. The number of halogens is 1. The lowest BCUT2D eigenvalue weighted by Crippen LogP contribution is -2.11. The van der Waals surface area contributed by atoms with E-state index in [9.17, 15) is 4.79 Å². The average Bonchev–Trinajstić information content (AvgIpc) is 2.96. The van der Waals surface area contributed by atoms with Crippen molar-refractivity contribution >= 4 is 23.5 Å². The van der Waals surface area contributed by atoms with Crippen LogP contribution < -0.4 is 5.32 Å². The van der Waals surface area contributed by atoms with E-state index in [2.05, 4.69) is 15.5 Å². The third-order valence-electron chi connectivity index (χ3n) is 2.01. The zero-order chi connectivity index (χ0) is 12.3. The van der Waals surface area contributed by atoms with Crippen molar-refractivity contribution in [2.75, 3.05) is 5.32 Å². The van der Waals surface area contributed by atoms with E-state index in [1.165, 1.54) is 6.07 Å². The fourth-order valence-electron chi connectivity index (χ4n) is 1.18. The first-order valence-corrected chi connectivity index (χ1v) is 5.54. The molecule has 0 aliphatic rings. The highest BCUT2D eigenvalue weighted by molar-refractivity contribution is 6.16. The minimum atomic E-state index is -0.451. The zero-order valence-electron chi connectivity index (χ0n) is 9.07. The second-order valence-corrected chi connectivity index (χ2v) is 3.48. The van der Waals surface area contributed by atoms with Gasteiger partial charge in [-0.15, -0.1) is 16.7 Å². The van der Waals surface area contributed by atoms with Crippen molar-refractivity contribution in [3.8, 4) is 0 Å². The SMILES string of the molecule is CCc1nnc(NC(=O)c2ccc(CCl)o2)o1. The Morgan fingerprint density at radius 2 is 2.24 bits per heavy atom. The molecule has 90 valence electrons. The molecule has 0 aliphatic heterocycles. The van der Waals surface area contributed by atoms with Crippen LogP contribution in [0.3, 0.4) is 0 Å². The summed E-state index contributed by atoms with van der Waals surface area (Å²) >= 11 is 5.56. The molecule has 6 nitrogen and oxygen atoms in total. The fraction of sp³-hybridized carbons (Fsp3) is 0.300. The number of anilines is 1. The standard InChI is InChI=1S/C10H10ClN3O3/c1-2-8-13-14-10(17-8)12-9(15)7-4-3-6(5-11)16-7/h3-4H,2,5H2,1H3,(H,12,14,15). The van der Waals surface area contributed by atoms with Crippen LogP contribution in [0, 0.1) is 0 Å². The van der Waals surface area contributed by atoms with Crippen molar-refractivity contribution < 1.29 is 13.6 Å². The van der Waals surface area contributed by atoms with E-state index in [1.807, 2.05) is 6.92 Å². The summed E-state index contributed by atoms with van der Waals surface area (Å²) < 4.78 is 10.3. The van der Waals surface area contributed by atoms with Gasteiger partial charge in [-0.2, -0.15) is 0 Å². The first-order valence-electron chi connectivity index (χ1n) is 5.01. The third kappa shape index (κ3) is 2.65. The molecule has 2 heterocycles. The number of aromatic nitrogens is 2. The number of carbonyl (C=O) groups excluding carboxylic acids is 1. The Morgan fingerprint density at radius 1 is 1.41 bits per heavy atom. The molecule has 0 spiro atoms. The maximum Gasteiger partial charge on any atom is 0.322 e. The predicted octanol–water partition coefficient (Wildman–Crippen LogP) is 2.22. The number of hydrogen-bond donors (Lipinski definition) is 1. The van der Waals surface area contributed by atoms with E-state index < -0.39 is 5.91 Å². The lowest BCUT2D eigenvalue weighted by atomic mass is 10.4. The minimum absolute atomic E-state index is 0.0515. The molecule has 0 unspecified atom stereocenters. The maximum atomic E-state index is 11.7. The smallest absolute Gasteiger partial charge is 0.322 e. The van der Waals surface area contributed by atoms with Crippen molar-refractivity contribution in [1.29, 1.82) is 0 Å². The first-order chi connectivity index (χ1) is 8.22. The summed E-state index contributed by atoms with van der Waals surface area (Å²) in [7, 11) is 0. The number of hydrogen-bond acceptors (Lipinski definition) is 5. The molecule has 1 N–H and O–H groups in total. The largest absolute Gasteiger partial charge is 0.455 e. The molecule has 0 fully saturated rings. The van der Waals surface area contributed by atoms with E-state index >= 15 is 0 Å². The van der Waals surface area contributed by atoms with Gasteiger partial charge in [0.2, 0.25) is 5.89 Å². The highest BCUT2D eigenvalue weighted by atomic mass is 35.5. The Bertz CT molecular complexity index is 520. The minimum Gasteiger partial charge on any atom is -0.455 e. The molecule has 0 radical (unpaired) electrons. The molecule has 0 saturated carbocycles. The summed E-state index contributed by atoms with van der Waals surface area (Å²) in [6.45, 7) is 1.87. The molecular weight excluding hydrogens is 246 g/mol. The van der Waals surface area contributed by atoms with Gasteiger partial charge in [0.05, 0.1) is 5.88 Å². The van der Waals surface area contributed by atoms with Gasteiger partial charge in [0.15, 0.2) is 5.76 Å². The van der Waals surface area contributed by atoms with Crippen molar-refractivity contribution in [1.82, 2.24) is 10.2 Å². The number of amides is 1. The summed E-state index contributed by atoms with van der Waals surface area (Å²) in [5.74, 6) is 0.899. The number of rotatable bonds is 4. The van der Waals surface area contributed by atoms with Gasteiger partial charge < -0.3 is 8.83 Å². The number of nitrogens with zero attached hydrogens (tertiary/aromatic N) is 2. The van der Waals surface area contributed by atoms with Crippen LogP contribution in [0.1, 0.15) is 29.1 Å². The highest BCUT2D eigenvalue weighted by Gasteiger charge is 2.14. The second-order valence-electron chi connectivity index (χ2n) is 3.21. The van der Waals surface area contributed by atoms with Crippen LogP contribution in [0.4, 0.5) is 6.01 Å². The molecule has 17 heavy (non-hydrogen) atoms. The molecule has 0 saturated heterocycles. The Labute approximate surface area is 102 Å². The summed E-state index contributed by atoms with van der Waals surface area (Å²) in [6.07, 6.45) is 0.611. The lowest BCUT2D eigenvalue weighted by molar-refractivity contribution is 0.0992. The molecule has 0 bridgehead atoms. The van der Waals surface area contributed by atoms with Crippen LogP contribution in [-0.4, -0.2) is 16.1 Å². The maximum absolute atomic E-state index is 11.7. The van der Waals surface area contributed by atoms with Crippen LogP contribution in [-0.2, 0) is 12.3 Å². The van der Waals surface area contributed by atoms with Crippen LogP contribution >= 0.6 is 11.6 Å².